The minimum atomic E-state index is -0.361. The Labute approximate surface area is 170 Å². The molecule has 2 unspecified atom stereocenters. The van der Waals surface area contributed by atoms with Crippen LogP contribution in [0.25, 0.3) is 0 Å². The molecule has 0 bridgehead atoms. The van der Waals surface area contributed by atoms with E-state index in [2.05, 4.69) is 34.5 Å². The molecular formula is C20H33Cl2N3O. The highest BCUT2D eigenvalue weighted by atomic mass is 35.5. The van der Waals surface area contributed by atoms with Gasteiger partial charge in [-0.1, -0.05) is 37.1 Å². The average molecular weight is 402 g/mol. The fourth-order valence-corrected chi connectivity index (χ4v) is 4.14. The normalized spacial score (nSPS) is 25.8. The van der Waals surface area contributed by atoms with Crippen molar-refractivity contribution in [2.75, 3.05) is 13.1 Å². The number of benzene rings is 1. The first-order valence-electron chi connectivity index (χ1n) is 9.41. The van der Waals surface area contributed by atoms with Gasteiger partial charge in [0.2, 0.25) is 5.91 Å². The predicted molar refractivity (Wildman–Crippen MR) is 112 cm³/mol. The second-order valence-electron chi connectivity index (χ2n) is 7.83. The lowest BCUT2D eigenvalue weighted by Crippen LogP contribution is -2.52. The smallest absolute Gasteiger partial charge is 0.225 e. The minimum absolute atomic E-state index is 0. The van der Waals surface area contributed by atoms with Crippen molar-refractivity contribution in [2.45, 2.75) is 64.1 Å². The van der Waals surface area contributed by atoms with Crippen LogP contribution in [0, 0.1) is 5.92 Å². The minimum Gasteiger partial charge on any atom is -0.352 e. The van der Waals surface area contributed by atoms with E-state index in [0.717, 1.165) is 32.2 Å². The SMILES string of the molecule is CC1(N)CCCCC1C(=O)NCc1cccc(CN2CCCC2)c1.Cl.Cl. The summed E-state index contributed by atoms with van der Waals surface area (Å²) in [6, 6.07) is 8.60. The van der Waals surface area contributed by atoms with E-state index in [0.29, 0.717) is 6.54 Å². The van der Waals surface area contributed by atoms with Crippen molar-refractivity contribution in [1.29, 1.82) is 0 Å². The number of hydrogen-bond acceptors (Lipinski definition) is 3. The lowest BCUT2D eigenvalue weighted by atomic mass is 9.74. The number of nitrogens with one attached hydrogen (secondary N) is 1. The van der Waals surface area contributed by atoms with Crippen LogP contribution in [0.4, 0.5) is 0 Å². The molecule has 2 aliphatic rings. The van der Waals surface area contributed by atoms with E-state index < -0.39 is 0 Å². The molecule has 2 atom stereocenters. The van der Waals surface area contributed by atoms with Gasteiger partial charge in [-0.3, -0.25) is 9.69 Å². The third kappa shape index (κ3) is 6.12. The van der Waals surface area contributed by atoms with Gasteiger partial charge in [-0.05, 0) is 56.8 Å². The van der Waals surface area contributed by atoms with Gasteiger partial charge < -0.3 is 11.1 Å². The summed E-state index contributed by atoms with van der Waals surface area (Å²) in [6.07, 6.45) is 6.72. The molecule has 1 aromatic rings. The number of hydrogen-bond donors (Lipinski definition) is 2. The molecule has 1 saturated heterocycles. The van der Waals surface area contributed by atoms with Crippen LogP contribution in [-0.4, -0.2) is 29.4 Å². The molecule has 1 saturated carbocycles. The van der Waals surface area contributed by atoms with E-state index in [1.165, 1.54) is 37.1 Å². The van der Waals surface area contributed by atoms with Crippen molar-refractivity contribution in [2.24, 2.45) is 11.7 Å². The Kier molecular flexibility index (Phi) is 9.39. The molecule has 1 amide bonds. The number of halogens is 2. The number of amides is 1. The fraction of sp³-hybridized carbons (Fsp3) is 0.650. The van der Waals surface area contributed by atoms with Gasteiger partial charge in [0.15, 0.2) is 0 Å². The van der Waals surface area contributed by atoms with Gasteiger partial charge in [0.1, 0.15) is 0 Å². The van der Waals surface area contributed by atoms with Crippen LogP contribution >= 0.6 is 24.8 Å². The highest BCUT2D eigenvalue weighted by Crippen LogP contribution is 2.31. The molecule has 148 valence electrons. The van der Waals surface area contributed by atoms with Crippen LogP contribution in [0.2, 0.25) is 0 Å². The number of likely N-dealkylation sites (tertiary alicyclic amines) is 1. The lowest BCUT2D eigenvalue weighted by Gasteiger charge is -2.37. The summed E-state index contributed by atoms with van der Waals surface area (Å²) in [5.74, 6) is 0.0590. The first-order valence-corrected chi connectivity index (χ1v) is 9.41. The van der Waals surface area contributed by atoms with E-state index in [-0.39, 0.29) is 42.2 Å². The molecule has 3 N–H and O–H groups in total. The van der Waals surface area contributed by atoms with Crippen molar-refractivity contribution in [3.05, 3.63) is 35.4 Å². The maximum Gasteiger partial charge on any atom is 0.225 e. The first-order chi connectivity index (χ1) is 11.5. The Morgan fingerprint density at radius 3 is 2.58 bits per heavy atom. The fourth-order valence-electron chi connectivity index (χ4n) is 4.14. The van der Waals surface area contributed by atoms with Crippen LogP contribution < -0.4 is 11.1 Å². The van der Waals surface area contributed by atoms with Gasteiger partial charge in [-0.25, -0.2) is 0 Å². The number of nitrogens with two attached hydrogens (primary N) is 1. The number of carbonyl (C=O) groups is 1. The van der Waals surface area contributed by atoms with Crippen LogP contribution in [0.5, 0.6) is 0 Å². The standard InChI is InChI=1S/C20H31N3O.2ClH/c1-20(21)10-3-2-9-18(20)19(24)22-14-16-7-6-8-17(13-16)15-23-11-4-5-12-23;;/h6-8,13,18H,2-5,9-12,14-15,21H2,1H3,(H,22,24);2*1H. The topological polar surface area (TPSA) is 58.4 Å². The molecule has 3 rings (SSSR count). The maximum atomic E-state index is 12.6. The van der Waals surface area contributed by atoms with Crippen molar-refractivity contribution in [3.63, 3.8) is 0 Å². The van der Waals surface area contributed by atoms with E-state index in [4.69, 9.17) is 5.73 Å². The molecular weight excluding hydrogens is 369 g/mol. The average Bonchev–Trinajstić information content (AvgIpc) is 3.05. The molecule has 1 aliphatic carbocycles. The molecule has 1 aliphatic heterocycles. The van der Waals surface area contributed by atoms with Gasteiger partial charge in [0, 0.05) is 18.6 Å². The van der Waals surface area contributed by atoms with Gasteiger partial charge in [0.25, 0.3) is 0 Å². The zero-order valence-corrected chi connectivity index (χ0v) is 17.3. The van der Waals surface area contributed by atoms with Gasteiger partial charge >= 0.3 is 0 Å². The van der Waals surface area contributed by atoms with Crippen molar-refractivity contribution in [3.8, 4) is 0 Å². The van der Waals surface area contributed by atoms with Crippen LogP contribution in [0.3, 0.4) is 0 Å². The molecule has 0 aromatic heterocycles. The molecule has 0 spiro atoms. The molecule has 4 nitrogen and oxygen atoms in total. The number of nitrogens with zero attached hydrogens (tertiary/aromatic N) is 1. The monoisotopic (exact) mass is 401 g/mol. The summed E-state index contributed by atoms with van der Waals surface area (Å²) in [5.41, 5.74) is 8.49. The second-order valence-corrected chi connectivity index (χ2v) is 7.83. The second kappa shape index (κ2) is 10.5. The predicted octanol–water partition coefficient (Wildman–Crippen LogP) is 3.65. The lowest BCUT2D eigenvalue weighted by molar-refractivity contribution is -0.128. The van der Waals surface area contributed by atoms with E-state index in [9.17, 15) is 4.79 Å². The van der Waals surface area contributed by atoms with E-state index in [1.54, 1.807) is 0 Å². The Morgan fingerprint density at radius 1 is 1.19 bits per heavy atom. The molecule has 0 radical (unpaired) electrons. The van der Waals surface area contributed by atoms with Crippen LogP contribution in [0.1, 0.15) is 56.6 Å². The number of carbonyl (C=O) groups excluding carboxylic acids is 1. The third-order valence-corrected chi connectivity index (χ3v) is 5.63. The maximum absolute atomic E-state index is 12.6. The summed E-state index contributed by atoms with van der Waals surface area (Å²) in [7, 11) is 0. The first kappa shape index (κ1) is 23.2. The summed E-state index contributed by atoms with van der Waals surface area (Å²) in [6.45, 7) is 6.05. The van der Waals surface area contributed by atoms with Crippen molar-refractivity contribution < 1.29 is 4.79 Å². The van der Waals surface area contributed by atoms with Crippen LogP contribution in [0.15, 0.2) is 24.3 Å². The third-order valence-electron chi connectivity index (χ3n) is 5.63. The summed E-state index contributed by atoms with van der Waals surface area (Å²) in [4.78, 5) is 15.1. The van der Waals surface area contributed by atoms with Crippen molar-refractivity contribution >= 4 is 30.7 Å². The molecule has 6 heteroatoms. The number of rotatable bonds is 5. The zero-order chi connectivity index (χ0) is 17.0. The summed E-state index contributed by atoms with van der Waals surface area (Å²) in [5, 5.41) is 3.11. The summed E-state index contributed by atoms with van der Waals surface area (Å²) < 4.78 is 0. The highest BCUT2D eigenvalue weighted by Gasteiger charge is 2.37. The Bertz CT molecular complexity index is 574. The molecule has 1 aromatic carbocycles. The molecule has 26 heavy (non-hydrogen) atoms. The molecule has 1 heterocycles. The zero-order valence-electron chi connectivity index (χ0n) is 15.7. The Morgan fingerprint density at radius 2 is 1.88 bits per heavy atom. The summed E-state index contributed by atoms with van der Waals surface area (Å²) >= 11 is 0. The quantitative estimate of drug-likeness (QED) is 0.791. The van der Waals surface area contributed by atoms with Gasteiger partial charge in [-0.15, -0.1) is 24.8 Å². The van der Waals surface area contributed by atoms with E-state index in [1.807, 2.05) is 6.92 Å². The van der Waals surface area contributed by atoms with E-state index >= 15 is 0 Å². The highest BCUT2D eigenvalue weighted by molar-refractivity contribution is 5.85. The Hall–Kier alpha value is -0.810. The van der Waals surface area contributed by atoms with Crippen molar-refractivity contribution in [1.82, 2.24) is 10.2 Å². The van der Waals surface area contributed by atoms with Crippen LogP contribution in [-0.2, 0) is 17.9 Å². The molecule has 2 fully saturated rings. The van der Waals surface area contributed by atoms with Gasteiger partial charge in [0.05, 0.1) is 5.92 Å². The largest absolute Gasteiger partial charge is 0.352 e. The van der Waals surface area contributed by atoms with Gasteiger partial charge in [-0.2, -0.15) is 0 Å². The Balaban J connectivity index is 0.00000169.